The molecule has 0 saturated carbocycles. The number of hydrogen-bond acceptors (Lipinski definition) is 4. The van der Waals surface area contributed by atoms with E-state index in [2.05, 4.69) is 16.3 Å². The number of thioether (sulfide) groups is 1. The lowest BCUT2D eigenvalue weighted by atomic mass is 10.1. The normalized spacial score (nSPS) is 15.3. The van der Waals surface area contributed by atoms with Crippen molar-refractivity contribution < 1.29 is 9.59 Å². The van der Waals surface area contributed by atoms with Gasteiger partial charge in [0.05, 0.1) is 17.4 Å². The zero-order chi connectivity index (χ0) is 19.9. The van der Waals surface area contributed by atoms with Crippen molar-refractivity contribution >= 4 is 35.2 Å². The maximum absolute atomic E-state index is 12.8. The largest absolute Gasteiger partial charge is 0.369 e. The number of likely N-dealkylation sites (tertiary alicyclic amines) is 1. The van der Waals surface area contributed by atoms with Crippen molar-refractivity contribution in [1.29, 1.82) is 0 Å². The molecule has 5 nitrogen and oxygen atoms in total. The summed E-state index contributed by atoms with van der Waals surface area (Å²) in [5.74, 6) is -0.419. The van der Waals surface area contributed by atoms with E-state index in [4.69, 9.17) is 17.3 Å². The summed E-state index contributed by atoms with van der Waals surface area (Å²) >= 11 is 7.47. The number of primary amides is 1. The van der Waals surface area contributed by atoms with Crippen molar-refractivity contribution in [2.45, 2.75) is 23.8 Å². The Morgan fingerprint density at radius 2 is 1.89 bits per heavy atom. The summed E-state index contributed by atoms with van der Waals surface area (Å²) in [7, 11) is 0. The molecule has 1 unspecified atom stereocenters. The van der Waals surface area contributed by atoms with Crippen LogP contribution in [0.1, 0.15) is 34.8 Å². The Kier molecular flexibility index (Phi) is 7.36. The molecule has 1 aliphatic heterocycles. The minimum atomic E-state index is -0.407. The Morgan fingerprint density at radius 1 is 1.14 bits per heavy atom. The van der Waals surface area contributed by atoms with Crippen LogP contribution in [0.2, 0.25) is 5.02 Å². The van der Waals surface area contributed by atoms with Crippen molar-refractivity contribution in [3.8, 4) is 0 Å². The Morgan fingerprint density at radius 3 is 2.61 bits per heavy atom. The Labute approximate surface area is 174 Å². The number of hydrogen-bond donors (Lipinski definition) is 2. The van der Waals surface area contributed by atoms with Crippen LogP contribution >= 0.6 is 23.4 Å². The van der Waals surface area contributed by atoms with Gasteiger partial charge in [0.2, 0.25) is 5.91 Å². The van der Waals surface area contributed by atoms with E-state index >= 15 is 0 Å². The minimum Gasteiger partial charge on any atom is -0.369 e. The number of carbonyl (C=O) groups is 2. The molecule has 2 aromatic carbocycles. The van der Waals surface area contributed by atoms with E-state index in [0.717, 1.165) is 36.4 Å². The maximum atomic E-state index is 12.8. The quantitative estimate of drug-likeness (QED) is 0.645. The molecule has 148 valence electrons. The van der Waals surface area contributed by atoms with Crippen molar-refractivity contribution in [2.75, 3.05) is 25.4 Å². The van der Waals surface area contributed by atoms with Gasteiger partial charge in [0.15, 0.2) is 0 Å². The molecule has 0 aliphatic carbocycles. The van der Waals surface area contributed by atoms with E-state index in [9.17, 15) is 9.59 Å². The topological polar surface area (TPSA) is 75.4 Å². The fourth-order valence-electron chi connectivity index (χ4n) is 3.44. The summed E-state index contributed by atoms with van der Waals surface area (Å²) in [6.45, 7) is 2.52. The number of nitrogens with zero attached hydrogens (tertiary/aromatic N) is 1. The Bertz CT molecular complexity index is 840. The van der Waals surface area contributed by atoms with Crippen LogP contribution in [0, 0.1) is 0 Å². The predicted molar refractivity (Wildman–Crippen MR) is 114 cm³/mol. The summed E-state index contributed by atoms with van der Waals surface area (Å²) in [5, 5.41) is 3.76. The standard InChI is InChI=1S/C21H24ClN3O2S/c22-16-7-5-6-15(12-16)18(25-10-3-4-11-25)13-24-21(27)17-8-1-2-9-19(17)28-14-20(23)26/h1-2,5-9,12,18H,3-4,10-11,13-14H2,(H2,23,26)(H,24,27). The Hall–Kier alpha value is -2.02. The molecule has 3 rings (SSSR count). The molecule has 1 aliphatic rings. The van der Waals surface area contributed by atoms with Gasteiger partial charge in [-0.3, -0.25) is 14.5 Å². The van der Waals surface area contributed by atoms with Crippen molar-refractivity contribution in [1.82, 2.24) is 10.2 Å². The molecular weight excluding hydrogens is 394 g/mol. The molecule has 28 heavy (non-hydrogen) atoms. The first-order valence-corrected chi connectivity index (χ1v) is 10.7. The average Bonchev–Trinajstić information content (AvgIpc) is 3.21. The third-order valence-corrected chi connectivity index (χ3v) is 6.10. The molecule has 0 bridgehead atoms. The molecule has 2 amide bonds. The number of nitrogens with two attached hydrogens (primary N) is 1. The molecule has 2 aromatic rings. The van der Waals surface area contributed by atoms with E-state index in [1.807, 2.05) is 36.4 Å². The number of amides is 2. The third kappa shape index (κ3) is 5.50. The van der Waals surface area contributed by atoms with Gasteiger partial charge < -0.3 is 11.1 Å². The second kappa shape index (κ2) is 9.96. The van der Waals surface area contributed by atoms with E-state index in [1.54, 1.807) is 6.07 Å². The van der Waals surface area contributed by atoms with Gasteiger partial charge in [0.25, 0.3) is 5.91 Å². The van der Waals surface area contributed by atoms with Crippen LogP contribution in [0.15, 0.2) is 53.4 Å². The van der Waals surface area contributed by atoms with E-state index < -0.39 is 5.91 Å². The van der Waals surface area contributed by atoms with Crippen molar-refractivity contribution in [2.24, 2.45) is 5.73 Å². The first-order chi connectivity index (χ1) is 13.5. The van der Waals surface area contributed by atoms with Crippen LogP contribution in [-0.4, -0.2) is 42.1 Å². The minimum absolute atomic E-state index is 0.0792. The summed E-state index contributed by atoms with van der Waals surface area (Å²) in [5.41, 5.74) is 6.89. The molecular formula is C21H24ClN3O2S. The van der Waals surface area contributed by atoms with Crippen LogP contribution in [0.25, 0.3) is 0 Å². The number of halogens is 1. The SMILES string of the molecule is NC(=O)CSc1ccccc1C(=O)NCC(c1cccc(Cl)c1)N1CCCC1. The van der Waals surface area contributed by atoms with Gasteiger partial charge in [-0.05, 0) is 55.8 Å². The van der Waals surface area contributed by atoms with Crippen LogP contribution in [0.3, 0.4) is 0 Å². The summed E-state index contributed by atoms with van der Waals surface area (Å²) in [6, 6.07) is 15.2. The monoisotopic (exact) mass is 417 g/mol. The highest BCUT2D eigenvalue weighted by molar-refractivity contribution is 8.00. The van der Waals surface area contributed by atoms with Gasteiger partial charge in [-0.1, -0.05) is 35.9 Å². The summed E-state index contributed by atoms with van der Waals surface area (Å²) in [6.07, 6.45) is 2.33. The zero-order valence-electron chi connectivity index (χ0n) is 15.6. The van der Waals surface area contributed by atoms with Crippen LogP contribution in [-0.2, 0) is 4.79 Å². The van der Waals surface area contributed by atoms with Gasteiger partial charge in [0, 0.05) is 16.5 Å². The molecule has 0 radical (unpaired) electrons. The molecule has 0 aromatic heterocycles. The summed E-state index contributed by atoms with van der Waals surface area (Å²) < 4.78 is 0. The number of rotatable bonds is 8. The summed E-state index contributed by atoms with van der Waals surface area (Å²) in [4.78, 5) is 27.1. The van der Waals surface area contributed by atoms with Crippen LogP contribution in [0.5, 0.6) is 0 Å². The number of carbonyl (C=O) groups excluding carboxylic acids is 2. The van der Waals surface area contributed by atoms with E-state index in [-0.39, 0.29) is 17.7 Å². The maximum Gasteiger partial charge on any atom is 0.252 e. The van der Waals surface area contributed by atoms with Gasteiger partial charge in [0.1, 0.15) is 0 Å². The predicted octanol–water partition coefficient (Wildman–Crippen LogP) is 3.48. The highest BCUT2D eigenvalue weighted by atomic mass is 35.5. The van der Waals surface area contributed by atoms with Gasteiger partial charge in [-0.2, -0.15) is 0 Å². The highest BCUT2D eigenvalue weighted by Crippen LogP contribution is 2.27. The average molecular weight is 418 g/mol. The smallest absolute Gasteiger partial charge is 0.252 e. The van der Waals surface area contributed by atoms with Gasteiger partial charge in [-0.15, -0.1) is 11.8 Å². The lowest BCUT2D eigenvalue weighted by Gasteiger charge is -2.28. The lowest BCUT2D eigenvalue weighted by Crippen LogP contribution is -2.37. The zero-order valence-corrected chi connectivity index (χ0v) is 17.1. The fourth-order valence-corrected chi connectivity index (χ4v) is 4.43. The van der Waals surface area contributed by atoms with Crippen molar-refractivity contribution in [3.63, 3.8) is 0 Å². The van der Waals surface area contributed by atoms with Crippen molar-refractivity contribution in [3.05, 3.63) is 64.7 Å². The third-order valence-electron chi connectivity index (χ3n) is 4.77. The molecule has 1 heterocycles. The first-order valence-electron chi connectivity index (χ1n) is 9.32. The van der Waals surface area contributed by atoms with Gasteiger partial charge in [-0.25, -0.2) is 0 Å². The second-order valence-corrected chi connectivity index (χ2v) is 8.23. The highest BCUT2D eigenvalue weighted by Gasteiger charge is 2.24. The number of benzene rings is 2. The van der Waals surface area contributed by atoms with Crippen LogP contribution in [0.4, 0.5) is 0 Å². The Balaban J connectivity index is 1.73. The molecule has 1 saturated heterocycles. The second-order valence-electron chi connectivity index (χ2n) is 6.78. The van der Waals surface area contributed by atoms with Gasteiger partial charge >= 0.3 is 0 Å². The van der Waals surface area contributed by atoms with E-state index in [0.29, 0.717) is 17.1 Å². The number of nitrogens with one attached hydrogen (secondary N) is 1. The van der Waals surface area contributed by atoms with E-state index in [1.165, 1.54) is 11.8 Å². The lowest BCUT2D eigenvalue weighted by molar-refractivity contribution is -0.115. The first kappa shape index (κ1) is 20.7. The molecule has 3 N–H and O–H groups in total. The molecule has 1 atom stereocenters. The molecule has 7 heteroatoms. The molecule has 1 fully saturated rings. The fraction of sp³-hybridized carbons (Fsp3) is 0.333. The molecule has 0 spiro atoms. The van der Waals surface area contributed by atoms with Crippen LogP contribution < -0.4 is 11.1 Å².